The van der Waals surface area contributed by atoms with Gasteiger partial charge in [0.2, 0.25) is 0 Å². The van der Waals surface area contributed by atoms with Gasteiger partial charge in [0.15, 0.2) is 0 Å². The van der Waals surface area contributed by atoms with E-state index in [0.717, 1.165) is 18.8 Å². The fourth-order valence-corrected chi connectivity index (χ4v) is 2.21. The number of ether oxygens (including phenoxy) is 1. The maximum absolute atomic E-state index is 9.55. The minimum atomic E-state index is -0.255. The van der Waals surface area contributed by atoms with E-state index in [1.807, 2.05) is 25.1 Å². The van der Waals surface area contributed by atoms with Gasteiger partial charge in [-0.1, -0.05) is 25.1 Å². The van der Waals surface area contributed by atoms with E-state index in [-0.39, 0.29) is 6.10 Å². The minimum Gasteiger partial charge on any atom is -0.493 e. The van der Waals surface area contributed by atoms with Gasteiger partial charge < -0.3 is 15.2 Å². The van der Waals surface area contributed by atoms with Crippen molar-refractivity contribution in [2.24, 2.45) is 0 Å². The third kappa shape index (κ3) is 2.79. The number of nitrogens with one attached hydrogen (secondary N) is 1. The molecule has 1 aromatic rings. The van der Waals surface area contributed by atoms with Crippen LogP contribution in [0, 0.1) is 0 Å². The molecule has 94 valence electrons. The van der Waals surface area contributed by atoms with Gasteiger partial charge in [0.1, 0.15) is 5.75 Å². The Kier molecular flexibility index (Phi) is 4.02. The summed E-state index contributed by atoms with van der Waals surface area (Å²) in [7, 11) is 0. The van der Waals surface area contributed by atoms with Gasteiger partial charge in [-0.25, -0.2) is 0 Å². The third-order valence-electron chi connectivity index (χ3n) is 3.49. The van der Waals surface area contributed by atoms with E-state index in [0.29, 0.717) is 18.5 Å². The molecular weight excluding hydrogens is 214 g/mol. The first kappa shape index (κ1) is 12.4. The van der Waals surface area contributed by atoms with E-state index in [4.69, 9.17) is 4.74 Å². The van der Waals surface area contributed by atoms with Crippen molar-refractivity contribution in [3.05, 3.63) is 29.8 Å². The SMILES string of the molecule is CC[C@@H](O)CN[C@@H](C)[C@H]1COc2ccccc21. The zero-order chi connectivity index (χ0) is 12.3. The first-order chi connectivity index (χ1) is 8.22. The lowest BCUT2D eigenvalue weighted by Crippen LogP contribution is -2.37. The van der Waals surface area contributed by atoms with Gasteiger partial charge in [0, 0.05) is 24.1 Å². The van der Waals surface area contributed by atoms with Gasteiger partial charge >= 0.3 is 0 Å². The van der Waals surface area contributed by atoms with E-state index in [9.17, 15) is 5.11 Å². The van der Waals surface area contributed by atoms with Crippen LogP contribution in [0.25, 0.3) is 0 Å². The summed E-state index contributed by atoms with van der Waals surface area (Å²) in [6, 6.07) is 8.51. The van der Waals surface area contributed by atoms with Crippen LogP contribution in [-0.4, -0.2) is 30.4 Å². The van der Waals surface area contributed by atoms with Crippen molar-refractivity contribution in [3.63, 3.8) is 0 Å². The zero-order valence-electron chi connectivity index (χ0n) is 10.5. The second-order valence-electron chi connectivity index (χ2n) is 4.71. The van der Waals surface area contributed by atoms with Gasteiger partial charge in [-0.2, -0.15) is 0 Å². The highest BCUT2D eigenvalue weighted by atomic mass is 16.5. The van der Waals surface area contributed by atoms with Crippen LogP contribution in [0.3, 0.4) is 0 Å². The molecule has 0 bridgehead atoms. The predicted octanol–water partition coefficient (Wildman–Crippen LogP) is 1.91. The molecule has 2 N–H and O–H groups in total. The summed E-state index contributed by atoms with van der Waals surface area (Å²) in [4.78, 5) is 0. The Morgan fingerprint density at radius 1 is 1.47 bits per heavy atom. The van der Waals surface area contributed by atoms with Crippen LogP contribution in [0.4, 0.5) is 0 Å². The fourth-order valence-electron chi connectivity index (χ4n) is 2.21. The number of hydrogen-bond acceptors (Lipinski definition) is 3. The average molecular weight is 235 g/mol. The molecule has 1 aromatic carbocycles. The molecular formula is C14H21NO2. The highest BCUT2D eigenvalue weighted by molar-refractivity contribution is 5.40. The van der Waals surface area contributed by atoms with Crippen LogP contribution in [0.1, 0.15) is 31.7 Å². The molecule has 1 aliphatic heterocycles. The molecule has 3 heteroatoms. The number of aliphatic hydroxyl groups is 1. The number of aliphatic hydroxyl groups excluding tert-OH is 1. The maximum atomic E-state index is 9.55. The van der Waals surface area contributed by atoms with Crippen molar-refractivity contribution >= 4 is 0 Å². The molecule has 0 amide bonds. The lowest BCUT2D eigenvalue weighted by molar-refractivity contribution is 0.160. The highest BCUT2D eigenvalue weighted by Gasteiger charge is 2.28. The van der Waals surface area contributed by atoms with Crippen LogP contribution < -0.4 is 10.1 Å². The first-order valence-corrected chi connectivity index (χ1v) is 6.35. The topological polar surface area (TPSA) is 41.5 Å². The summed E-state index contributed by atoms with van der Waals surface area (Å²) in [5.41, 5.74) is 1.28. The highest BCUT2D eigenvalue weighted by Crippen LogP contribution is 2.35. The molecule has 0 radical (unpaired) electrons. The van der Waals surface area contributed by atoms with Crippen molar-refractivity contribution in [2.75, 3.05) is 13.2 Å². The Hall–Kier alpha value is -1.06. The monoisotopic (exact) mass is 235 g/mol. The summed E-state index contributed by atoms with van der Waals surface area (Å²) in [6.45, 7) is 5.52. The summed E-state index contributed by atoms with van der Waals surface area (Å²) in [5.74, 6) is 1.39. The summed E-state index contributed by atoms with van der Waals surface area (Å²) < 4.78 is 5.66. The van der Waals surface area contributed by atoms with Gasteiger partial charge in [0.25, 0.3) is 0 Å². The smallest absolute Gasteiger partial charge is 0.122 e. The second kappa shape index (κ2) is 5.52. The van der Waals surface area contributed by atoms with Crippen molar-refractivity contribution in [1.82, 2.24) is 5.32 Å². The lowest BCUT2D eigenvalue weighted by Gasteiger charge is -2.21. The number of rotatable bonds is 5. The molecule has 2 rings (SSSR count). The van der Waals surface area contributed by atoms with Crippen LogP contribution >= 0.6 is 0 Å². The largest absolute Gasteiger partial charge is 0.493 e. The molecule has 0 aliphatic carbocycles. The van der Waals surface area contributed by atoms with E-state index >= 15 is 0 Å². The van der Waals surface area contributed by atoms with Crippen LogP contribution in [0.5, 0.6) is 5.75 Å². The zero-order valence-corrected chi connectivity index (χ0v) is 10.5. The molecule has 0 saturated carbocycles. The summed E-state index contributed by atoms with van der Waals surface area (Å²) in [5, 5.41) is 12.9. The van der Waals surface area contributed by atoms with Crippen LogP contribution in [0.15, 0.2) is 24.3 Å². The second-order valence-corrected chi connectivity index (χ2v) is 4.71. The molecule has 17 heavy (non-hydrogen) atoms. The van der Waals surface area contributed by atoms with Crippen molar-refractivity contribution in [1.29, 1.82) is 0 Å². The number of fused-ring (bicyclic) bond motifs is 1. The molecule has 0 aromatic heterocycles. The van der Waals surface area contributed by atoms with Crippen molar-refractivity contribution in [3.8, 4) is 5.75 Å². The van der Waals surface area contributed by atoms with Crippen molar-refractivity contribution in [2.45, 2.75) is 38.3 Å². The Balaban J connectivity index is 1.95. The van der Waals surface area contributed by atoms with Crippen molar-refractivity contribution < 1.29 is 9.84 Å². The molecule has 1 heterocycles. The molecule has 0 fully saturated rings. The molecule has 0 saturated heterocycles. The first-order valence-electron chi connectivity index (χ1n) is 6.35. The van der Waals surface area contributed by atoms with Gasteiger partial charge in [-0.15, -0.1) is 0 Å². The van der Waals surface area contributed by atoms with E-state index in [2.05, 4.69) is 18.3 Å². The lowest BCUT2D eigenvalue weighted by atomic mass is 9.94. The molecule has 1 aliphatic rings. The van der Waals surface area contributed by atoms with Crippen LogP contribution in [0.2, 0.25) is 0 Å². The number of benzene rings is 1. The Bertz CT molecular complexity index is 367. The summed E-state index contributed by atoms with van der Waals surface area (Å²) in [6.07, 6.45) is 0.535. The van der Waals surface area contributed by atoms with Gasteiger partial charge in [-0.3, -0.25) is 0 Å². The summed E-state index contributed by atoms with van der Waals surface area (Å²) >= 11 is 0. The Labute approximate surface area is 103 Å². The Morgan fingerprint density at radius 2 is 2.24 bits per heavy atom. The maximum Gasteiger partial charge on any atom is 0.122 e. The van der Waals surface area contributed by atoms with E-state index in [1.165, 1.54) is 5.56 Å². The fraction of sp³-hybridized carbons (Fsp3) is 0.571. The van der Waals surface area contributed by atoms with Crippen LogP contribution in [-0.2, 0) is 0 Å². The normalized spacial score (nSPS) is 21.7. The van der Waals surface area contributed by atoms with E-state index < -0.39 is 0 Å². The Morgan fingerprint density at radius 3 is 3.00 bits per heavy atom. The molecule has 3 atom stereocenters. The number of para-hydroxylation sites is 1. The average Bonchev–Trinajstić information content (AvgIpc) is 2.79. The molecule has 3 nitrogen and oxygen atoms in total. The standard InChI is InChI=1S/C14H21NO2/c1-3-11(16)8-15-10(2)13-9-17-14-7-5-4-6-12(13)14/h4-7,10-11,13,15-16H,3,8-9H2,1-2H3/t10-,11+,13+/m0/s1. The molecule has 0 spiro atoms. The minimum absolute atomic E-state index is 0.255. The quantitative estimate of drug-likeness (QED) is 0.819. The van der Waals surface area contributed by atoms with Gasteiger partial charge in [0.05, 0.1) is 12.7 Å². The predicted molar refractivity (Wildman–Crippen MR) is 68.4 cm³/mol. The number of hydrogen-bond donors (Lipinski definition) is 2. The van der Waals surface area contributed by atoms with Gasteiger partial charge in [-0.05, 0) is 19.4 Å². The molecule has 0 unspecified atom stereocenters. The third-order valence-corrected chi connectivity index (χ3v) is 3.49. The van der Waals surface area contributed by atoms with E-state index in [1.54, 1.807) is 0 Å².